The summed E-state index contributed by atoms with van der Waals surface area (Å²) in [5, 5.41) is 2.65. The predicted molar refractivity (Wildman–Crippen MR) is 77.6 cm³/mol. The Kier molecular flexibility index (Phi) is 5.20. The Hall–Kier alpha value is -2.21. The highest BCUT2D eigenvalue weighted by atomic mass is 16.6. The number of rotatable bonds is 3. The summed E-state index contributed by atoms with van der Waals surface area (Å²) in [5.74, 6) is 2.56. The Morgan fingerprint density at radius 1 is 1.37 bits per heavy atom. The summed E-state index contributed by atoms with van der Waals surface area (Å²) in [7, 11) is 0. The lowest BCUT2D eigenvalue weighted by atomic mass is 10.1. The highest BCUT2D eigenvalue weighted by molar-refractivity contribution is 5.68. The number of hydrogen-bond donors (Lipinski definition) is 1. The molecule has 0 bridgehead atoms. The van der Waals surface area contributed by atoms with Crippen molar-refractivity contribution in [2.75, 3.05) is 6.54 Å². The van der Waals surface area contributed by atoms with Crippen LogP contribution in [0.5, 0.6) is 0 Å². The van der Waals surface area contributed by atoms with Crippen molar-refractivity contribution in [3.63, 3.8) is 0 Å². The van der Waals surface area contributed by atoms with E-state index in [4.69, 9.17) is 11.2 Å². The van der Waals surface area contributed by atoms with E-state index in [1.807, 2.05) is 57.2 Å². The standard InChI is InChI=1S/C16H19NO2/c1-5-13-8-10-14(11-9-13)7-6-12-17-15(18)19-16(2,3)4/h1,6-11H,12H2,2-4H3,(H,17,18). The molecule has 0 fully saturated rings. The van der Waals surface area contributed by atoms with Gasteiger partial charge in [0.1, 0.15) is 5.60 Å². The van der Waals surface area contributed by atoms with E-state index in [0.29, 0.717) is 6.54 Å². The Morgan fingerprint density at radius 3 is 2.53 bits per heavy atom. The van der Waals surface area contributed by atoms with Gasteiger partial charge in [-0.2, -0.15) is 0 Å². The van der Waals surface area contributed by atoms with Crippen molar-refractivity contribution in [3.05, 3.63) is 41.5 Å². The number of amides is 1. The average Bonchev–Trinajstić information content (AvgIpc) is 2.33. The van der Waals surface area contributed by atoms with Crippen molar-refractivity contribution in [3.8, 4) is 12.3 Å². The van der Waals surface area contributed by atoms with Crippen LogP contribution in [0.25, 0.3) is 6.08 Å². The topological polar surface area (TPSA) is 38.3 Å². The smallest absolute Gasteiger partial charge is 0.407 e. The van der Waals surface area contributed by atoms with Crippen molar-refractivity contribution < 1.29 is 9.53 Å². The van der Waals surface area contributed by atoms with E-state index >= 15 is 0 Å². The van der Waals surface area contributed by atoms with E-state index in [9.17, 15) is 4.79 Å². The third kappa shape index (κ3) is 6.32. The summed E-state index contributed by atoms with van der Waals surface area (Å²) in [6.07, 6.45) is 8.63. The monoisotopic (exact) mass is 257 g/mol. The van der Waals surface area contributed by atoms with E-state index in [0.717, 1.165) is 11.1 Å². The minimum absolute atomic E-state index is 0.417. The summed E-state index contributed by atoms with van der Waals surface area (Å²) in [4.78, 5) is 11.4. The van der Waals surface area contributed by atoms with E-state index in [2.05, 4.69) is 11.2 Å². The number of terminal acetylenes is 1. The normalized spacial score (nSPS) is 11.1. The number of hydrogen-bond acceptors (Lipinski definition) is 2. The highest BCUT2D eigenvalue weighted by Gasteiger charge is 2.14. The molecule has 0 unspecified atom stereocenters. The van der Waals surface area contributed by atoms with Crippen LogP contribution < -0.4 is 5.32 Å². The lowest BCUT2D eigenvalue weighted by Gasteiger charge is -2.19. The van der Waals surface area contributed by atoms with Crippen LogP contribution in [0.3, 0.4) is 0 Å². The molecule has 1 rings (SSSR count). The molecular formula is C16H19NO2. The van der Waals surface area contributed by atoms with Crippen molar-refractivity contribution in [1.29, 1.82) is 0 Å². The first-order valence-electron chi connectivity index (χ1n) is 6.11. The number of carbonyl (C=O) groups is 1. The Bertz CT molecular complexity index is 487. The summed E-state index contributed by atoms with van der Waals surface area (Å²) in [6.45, 7) is 5.91. The van der Waals surface area contributed by atoms with E-state index in [1.165, 1.54) is 0 Å². The van der Waals surface area contributed by atoms with Crippen LogP contribution in [0.2, 0.25) is 0 Å². The van der Waals surface area contributed by atoms with Crippen LogP contribution in [0.15, 0.2) is 30.3 Å². The van der Waals surface area contributed by atoms with Crippen LogP contribution in [0, 0.1) is 12.3 Å². The van der Waals surface area contributed by atoms with Gasteiger partial charge in [0.2, 0.25) is 0 Å². The molecule has 1 aromatic rings. The molecular weight excluding hydrogens is 238 g/mol. The molecule has 0 aromatic heterocycles. The minimum Gasteiger partial charge on any atom is -0.444 e. The van der Waals surface area contributed by atoms with Crippen LogP contribution in [-0.2, 0) is 4.74 Å². The number of nitrogens with one attached hydrogen (secondary N) is 1. The lowest BCUT2D eigenvalue weighted by molar-refractivity contribution is 0.0534. The maximum absolute atomic E-state index is 11.4. The van der Waals surface area contributed by atoms with Gasteiger partial charge in [0.15, 0.2) is 0 Å². The van der Waals surface area contributed by atoms with Crippen molar-refractivity contribution >= 4 is 12.2 Å². The van der Waals surface area contributed by atoms with Crippen LogP contribution >= 0.6 is 0 Å². The predicted octanol–water partition coefficient (Wildman–Crippen LogP) is 3.21. The summed E-state index contributed by atoms with van der Waals surface area (Å²) in [5.41, 5.74) is 1.41. The molecule has 0 spiro atoms. The molecule has 0 atom stereocenters. The van der Waals surface area contributed by atoms with Gasteiger partial charge < -0.3 is 10.1 Å². The Balaban J connectivity index is 2.38. The van der Waals surface area contributed by atoms with Gasteiger partial charge >= 0.3 is 6.09 Å². The lowest BCUT2D eigenvalue weighted by Crippen LogP contribution is -2.32. The second-order valence-electron chi connectivity index (χ2n) is 5.05. The second-order valence-corrected chi connectivity index (χ2v) is 5.05. The second kappa shape index (κ2) is 6.65. The van der Waals surface area contributed by atoms with Crippen LogP contribution in [0.1, 0.15) is 31.9 Å². The largest absolute Gasteiger partial charge is 0.444 e. The van der Waals surface area contributed by atoms with Crippen molar-refractivity contribution in [1.82, 2.24) is 5.32 Å². The SMILES string of the molecule is C#Cc1ccc(C=CCNC(=O)OC(C)(C)C)cc1. The van der Waals surface area contributed by atoms with E-state index in [-0.39, 0.29) is 0 Å². The van der Waals surface area contributed by atoms with Gasteiger partial charge in [0, 0.05) is 12.1 Å². The molecule has 3 heteroatoms. The molecule has 1 amide bonds. The van der Waals surface area contributed by atoms with Crippen molar-refractivity contribution in [2.45, 2.75) is 26.4 Å². The zero-order chi connectivity index (χ0) is 14.3. The van der Waals surface area contributed by atoms with Crippen LogP contribution in [-0.4, -0.2) is 18.2 Å². The summed E-state index contributed by atoms with van der Waals surface area (Å²) >= 11 is 0. The van der Waals surface area contributed by atoms with Gasteiger partial charge in [-0.1, -0.05) is 30.2 Å². The molecule has 0 aliphatic carbocycles. The Morgan fingerprint density at radius 2 is 2.00 bits per heavy atom. The highest BCUT2D eigenvalue weighted by Crippen LogP contribution is 2.07. The van der Waals surface area contributed by atoms with Crippen molar-refractivity contribution in [2.24, 2.45) is 0 Å². The van der Waals surface area contributed by atoms with Gasteiger partial charge in [0.05, 0.1) is 0 Å². The maximum Gasteiger partial charge on any atom is 0.407 e. The zero-order valence-electron chi connectivity index (χ0n) is 11.6. The molecule has 1 aromatic carbocycles. The first-order valence-corrected chi connectivity index (χ1v) is 6.11. The quantitative estimate of drug-likeness (QED) is 0.844. The first-order chi connectivity index (χ1) is 8.90. The van der Waals surface area contributed by atoms with Crippen LogP contribution in [0.4, 0.5) is 4.79 Å². The fourth-order valence-corrected chi connectivity index (χ4v) is 1.34. The summed E-state index contributed by atoms with van der Waals surface area (Å²) in [6, 6.07) is 7.61. The first kappa shape index (κ1) is 14.8. The van der Waals surface area contributed by atoms with Gasteiger partial charge in [-0.25, -0.2) is 4.79 Å². The molecule has 100 valence electrons. The molecule has 3 nitrogen and oxygen atoms in total. The average molecular weight is 257 g/mol. The third-order valence-corrected chi connectivity index (χ3v) is 2.15. The molecule has 0 radical (unpaired) electrons. The minimum atomic E-state index is -0.473. The third-order valence-electron chi connectivity index (χ3n) is 2.15. The molecule has 0 aliphatic rings. The van der Waals surface area contributed by atoms with E-state index < -0.39 is 11.7 Å². The van der Waals surface area contributed by atoms with Gasteiger partial charge in [0.25, 0.3) is 0 Å². The number of ether oxygens (including phenoxy) is 1. The number of benzene rings is 1. The maximum atomic E-state index is 11.4. The molecule has 1 N–H and O–H groups in total. The molecule has 0 saturated carbocycles. The number of alkyl carbamates (subject to hydrolysis) is 1. The van der Waals surface area contributed by atoms with E-state index in [1.54, 1.807) is 0 Å². The Labute approximate surface area is 114 Å². The fraction of sp³-hybridized carbons (Fsp3) is 0.312. The zero-order valence-corrected chi connectivity index (χ0v) is 11.6. The molecule has 19 heavy (non-hydrogen) atoms. The van der Waals surface area contributed by atoms with Gasteiger partial charge in [-0.15, -0.1) is 6.42 Å². The number of carbonyl (C=O) groups excluding carboxylic acids is 1. The summed E-state index contributed by atoms with van der Waals surface area (Å²) < 4.78 is 5.11. The molecule has 0 aliphatic heterocycles. The molecule has 0 heterocycles. The van der Waals surface area contributed by atoms with Gasteiger partial charge in [-0.05, 0) is 38.5 Å². The fourth-order valence-electron chi connectivity index (χ4n) is 1.34. The molecule has 0 saturated heterocycles. The van der Waals surface area contributed by atoms with Gasteiger partial charge in [-0.3, -0.25) is 0 Å².